The lowest BCUT2D eigenvalue weighted by Gasteiger charge is -2.17. The molecule has 3 aromatic carbocycles. The minimum Gasteiger partial charge on any atom is -0.489 e. The molecule has 2 bridgehead atoms. The van der Waals surface area contributed by atoms with E-state index in [1.54, 1.807) is 0 Å². The zero-order chi connectivity index (χ0) is 20.2. The predicted molar refractivity (Wildman–Crippen MR) is 115 cm³/mol. The monoisotopic (exact) mass is 395 g/mol. The van der Waals surface area contributed by atoms with Crippen molar-refractivity contribution in [3.8, 4) is 5.75 Å². The largest absolute Gasteiger partial charge is 0.489 e. The summed E-state index contributed by atoms with van der Waals surface area (Å²) in [7, 11) is 0. The van der Waals surface area contributed by atoms with E-state index in [9.17, 15) is 9.59 Å². The van der Waals surface area contributed by atoms with E-state index in [1.807, 2.05) is 36.4 Å². The number of allylic oxidation sites excluding steroid dienone is 2. The molecule has 4 nitrogen and oxygen atoms in total. The summed E-state index contributed by atoms with van der Waals surface area (Å²) in [5.41, 5.74) is 1.73. The fourth-order valence-corrected chi connectivity index (χ4v) is 5.34. The van der Waals surface area contributed by atoms with E-state index in [4.69, 9.17) is 4.74 Å². The fourth-order valence-electron chi connectivity index (χ4n) is 5.34. The highest BCUT2D eigenvalue weighted by Crippen LogP contribution is 2.53. The topological polar surface area (TPSA) is 46.6 Å². The Morgan fingerprint density at radius 2 is 1.47 bits per heavy atom. The molecule has 0 spiro atoms. The van der Waals surface area contributed by atoms with Crippen LogP contribution in [0.5, 0.6) is 5.75 Å². The minimum absolute atomic E-state index is 0.0494. The van der Waals surface area contributed by atoms with Crippen LogP contribution in [0.1, 0.15) is 12.0 Å². The van der Waals surface area contributed by atoms with Crippen molar-refractivity contribution in [3.63, 3.8) is 0 Å². The average molecular weight is 395 g/mol. The molecule has 3 aromatic rings. The summed E-state index contributed by atoms with van der Waals surface area (Å²) in [6.07, 6.45) is 5.18. The number of hydrogen-bond acceptors (Lipinski definition) is 3. The average Bonchev–Trinajstić information content (AvgIpc) is 3.46. The molecule has 2 amide bonds. The first-order valence-corrected chi connectivity index (χ1v) is 10.5. The molecule has 1 saturated carbocycles. The number of amides is 2. The quantitative estimate of drug-likeness (QED) is 0.474. The maximum atomic E-state index is 12.9. The van der Waals surface area contributed by atoms with Crippen LogP contribution in [-0.2, 0) is 16.2 Å². The first-order valence-electron chi connectivity index (χ1n) is 10.5. The van der Waals surface area contributed by atoms with Crippen LogP contribution in [0.3, 0.4) is 0 Å². The number of fused-ring (bicyclic) bond motifs is 6. The molecule has 1 heterocycles. The molecule has 0 N–H and O–H groups in total. The Bertz CT molecular complexity index is 1170. The van der Waals surface area contributed by atoms with Crippen molar-refractivity contribution in [2.45, 2.75) is 13.0 Å². The van der Waals surface area contributed by atoms with E-state index in [2.05, 4.69) is 42.5 Å². The maximum absolute atomic E-state index is 12.9. The van der Waals surface area contributed by atoms with Gasteiger partial charge >= 0.3 is 0 Å². The SMILES string of the molecule is O=C1[C@@H]2[C@H](C(=O)N1c1ccc(OCc3ccc4ccccc4c3)cc1)[C@@H]1C=C[C@H]2C1. The lowest BCUT2D eigenvalue weighted by molar-refractivity contribution is -0.123. The van der Waals surface area contributed by atoms with Gasteiger partial charge in [-0.25, -0.2) is 0 Å². The summed E-state index contributed by atoms with van der Waals surface area (Å²) < 4.78 is 5.93. The number of anilines is 1. The van der Waals surface area contributed by atoms with E-state index in [1.165, 1.54) is 15.7 Å². The number of benzene rings is 3. The van der Waals surface area contributed by atoms with Gasteiger partial charge < -0.3 is 4.74 Å². The third-order valence-electron chi connectivity index (χ3n) is 6.78. The van der Waals surface area contributed by atoms with Crippen LogP contribution in [0, 0.1) is 23.7 Å². The third-order valence-corrected chi connectivity index (χ3v) is 6.78. The molecule has 30 heavy (non-hydrogen) atoms. The van der Waals surface area contributed by atoms with E-state index in [0.717, 1.165) is 12.0 Å². The highest BCUT2D eigenvalue weighted by atomic mass is 16.5. The number of rotatable bonds is 4. The summed E-state index contributed by atoms with van der Waals surface area (Å²) in [6, 6.07) is 21.8. The number of imide groups is 1. The van der Waals surface area contributed by atoms with Gasteiger partial charge in [-0.05, 0) is 64.9 Å². The smallest absolute Gasteiger partial charge is 0.238 e. The highest BCUT2D eigenvalue weighted by Gasteiger charge is 2.59. The van der Waals surface area contributed by atoms with Crippen LogP contribution in [0.15, 0.2) is 78.9 Å². The van der Waals surface area contributed by atoms with E-state index in [-0.39, 0.29) is 35.5 Å². The summed E-state index contributed by atoms with van der Waals surface area (Å²) in [5, 5.41) is 2.40. The van der Waals surface area contributed by atoms with Crippen LogP contribution in [-0.4, -0.2) is 11.8 Å². The van der Waals surface area contributed by atoms with Gasteiger partial charge in [0.25, 0.3) is 0 Å². The Kier molecular flexibility index (Phi) is 3.82. The first-order chi connectivity index (χ1) is 14.7. The van der Waals surface area contributed by atoms with Gasteiger partial charge in [-0.1, -0.05) is 48.6 Å². The molecule has 0 unspecified atom stereocenters. The van der Waals surface area contributed by atoms with E-state index < -0.39 is 0 Å². The molecule has 2 aliphatic carbocycles. The van der Waals surface area contributed by atoms with Crippen LogP contribution in [0.25, 0.3) is 10.8 Å². The molecule has 2 fully saturated rings. The summed E-state index contributed by atoms with van der Waals surface area (Å²) >= 11 is 0. The molecule has 6 rings (SSSR count). The van der Waals surface area contributed by atoms with Crippen molar-refractivity contribution in [1.82, 2.24) is 0 Å². The minimum atomic E-state index is -0.170. The molecule has 148 valence electrons. The zero-order valence-corrected chi connectivity index (χ0v) is 16.4. The molecular weight excluding hydrogens is 374 g/mol. The van der Waals surface area contributed by atoms with Gasteiger partial charge in [0.05, 0.1) is 17.5 Å². The van der Waals surface area contributed by atoms with Crippen molar-refractivity contribution in [3.05, 3.63) is 84.4 Å². The molecule has 3 aliphatic rings. The molecule has 0 aromatic heterocycles. The van der Waals surface area contributed by atoms with E-state index >= 15 is 0 Å². The van der Waals surface area contributed by atoms with Crippen LogP contribution in [0.2, 0.25) is 0 Å². The van der Waals surface area contributed by atoms with Crippen LogP contribution >= 0.6 is 0 Å². The van der Waals surface area contributed by atoms with Gasteiger partial charge in [0, 0.05) is 0 Å². The van der Waals surface area contributed by atoms with Crippen molar-refractivity contribution in [1.29, 1.82) is 0 Å². The van der Waals surface area contributed by atoms with Crippen LogP contribution in [0.4, 0.5) is 5.69 Å². The number of ether oxygens (including phenoxy) is 1. The standard InChI is InChI=1S/C26H21NO3/c28-25-23-19-7-8-20(14-19)24(23)26(29)27(25)21-9-11-22(12-10-21)30-15-16-5-6-17-3-1-2-4-18(17)13-16/h1-13,19-20,23-24H,14-15H2/t19-,20+,23-,24+. The highest BCUT2D eigenvalue weighted by molar-refractivity contribution is 6.22. The summed E-state index contributed by atoms with van der Waals surface area (Å²) in [6.45, 7) is 0.463. The molecule has 1 aliphatic heterocycles. The third kappa shape index (κ3) is 2.60. The Balaban J connectivity index is 1.17. The van der Waals surface area contributed by atoms with Gasteiger partial charge in [-0.15, -0.1) is 0 Å². The molecule has 4 heteroatoms. The summed E-state index contributed by atoms with van der Waals surface area (Å²) in [5.74, 6) is 0.732. The Labute approximate surface area is 174 Å². The van der Waals surface area contributed by atoms with Crippen molar-refractivity contribution in [2.24, 2.45) is 23.7 Å². The second-order valence-electron chi connectivity index (χ2n) is 8.48. The van der Waals surface area contributed by atoms with Gasteiger partial charge in [0.1, 0.15) is 12.4 Å². The molecular formula is C26H21NO3. The van der Waals surface area contributed by atoms with Crippen molar-refractivity contribution < 1.29 is 14.3 Å². The van der Waals surface area contributed by atoms with Gasteiger partial charge in [-0.2, -0.15) is 0 Å². The van der Waals surface area contributed by atoms with Crippen LogP contribution < -0.4 is 9.64 Å². The number of carbonyl (C=O) groups excluding carboxylic acids is 2. The Hall–Kier alpha value is -3.40. The molecule has 0 radical (unpaired) electrons. The number of carbonyl (C=O) groups is 2. The normalized spacial score (nSPS) is 26.6. The maximum Gasteiger partial charge on any atom is 0.238 e. The fraction of sp³-hybridized carbons (Fsp3) is 0.231. The van der Waals surface area contributed by atoms with Gasteiger partial charge in [-0.3, -0.25) is 14.5 Å². The Morgan fingerprint density at radius 1 is 0.800 bits per heavy atom. The predicted octanol–water partition coefficient (Wildman–Crippen LogP) is 4.73. The van der Waals surface area contributed by atoms with Gasteiger partial charge in [0.2, 0.25) is 11.8 Å². The second-order valence-corrected chi connectivity index (χ2v) is 8.48. The van der Waals surface area contributed by atoms with Crippen molar-refractivity contribution >= 4 is 28.3 Å². The lowest BCUT2D eigenvalue weighted by Crippen LogP contribution is -2.32. The second kappa shape index (κ2) is 6.56. The first kappa shape index (κ1) is 17.5. The number of nitrogens with zero attached hydrogens (tertiary/aromatic N) is 1. The summed E-state index contributed by atoms with van der Waals surface area (Å²) in [4.78, 5) is 27.2. The van der Waals surface area contributed by atoms with E-state index in [0.29, 0.717) is 18.0 Å². The van der Waals surface area contributed by atoms with Gasteiger partial charge in [0.15, 0.2) is 0 Å². The zero-order valence-electron chi connectivity index (χ0n) is 16.4. The lowest BCUT2D eigenvalue weighted by atomic mass is 9.85. The Morgan fingerprint density at radius 3 is 2.17 bits per heavy atom. The van der Waals surface area contributed by atoms with Crippen molar-refractivity contribution in [2.75, 3.05) is 4.90 Å². The number of hydrogen-bond donors (Lipinski definition) is 0. The molecule has 1 saturated heterocycles. The molecule has 4 atom stereocenters.